The van der Waals surface area contributed by atoms with E-state index in [4.69, 9.17) is 10.5 Å². The van der Waals surface area contributed by atoms with Gasteiger partial charge in [-0.15, -0.1) is 0 Å². The average molecular weight is 248 g/mol. The number of likely N-dealkylation sites (N-methyl/N-ethyl adjacent to an activating group) is 1. The lowest BCUT2D eigenvalue weighted by Crippen LogP contribution is -2.25. The van der Waals surface area contributed by atoms with Crippen LogP contribution in [0.4, 0.5) is 5.69 Å². The van der Waals surface area contributed by atoms with Crippen LogP contribution in [0, 0.1) is 0 Å². The lowest BCUT2D eigenvalue weighted by atomic mass is 10.3. The number of anilines is 1. The molecule has 0 bridgehead atoms. The third kappa shape index (κ3) is 3.21. The summed E-state index contributed by atoms with van der Waals surface area (Å²) >= 11 is 0. The molecule has 0 fully saturated rings. The van der Waals surface area contributed by atoms with E-state index in [-0.39, 0.29) is 0 Å². The standard InChI is InChI=1S/C13H20N4O/c1-17(7-8-18-2)6-5-13-15-11-4-3-10(14)9-12(11)16-13/h3-4,9H,5-8,14H2,1-2H3,(H,15,16). The van der Waals surface area contributed by atoms with E-state index in [1.807, 2.05) is 18.2 Å². The summed E-state index contributed by atoms with van der Waals surface area (Å²) in [5.41, 5.74) is 8.47. The predicted octanol–water partition coefficient (Wildman–Crippen LogP) is 1.27. The molecule has 1 heterocycles. The third-order valence-corrected chi connectivity index (χ3v) is 2.96. The van der Waals surface area contributed by atoms with Gasteiger partial charge in [-0.25, -0.2) is 4.98 Å². The van der Waals surface area contributed by atoms with Crippen molar-refractivity contribution < 1.29 is 4.74 Å². The molecule has 5 nitrogen and oxygen atoms in total. The Morgan fingerprint density at radius 3 is 3.00 bits per heavy atom. The largest absolute Gasteiger partial charge is 0.399 e. The Morgan fingerprint density at radius 2 is 2.22 bits per heavy atom. The molecule has 0 unspecified atom stereocenters. The molecule has 2 rings (SSSR count). The van der Waals surface area contributed by atoms with Crippen molar-refractivity contribution in [1.82, 2.24) is 14.9 Å². The monoisotopic (exact) mass is 248 g/mol. The number of nitrogen functional groups attached to an aromatic ring is 1. The number of benzene rings is 1. The maximum atomic E-state index is 5.74. The summed E-state index contributed by atoms with van der Waals surface area (Å²) in [6, 6.07) is 5.73. The number of methoxy groups -OCH3 is 1. The van der Waals surface area contributed by atoms with E-state index in [0.717, 1.165) is 48.7 Å². The highest BCUT2D eigenvalue weighted by Crippen LogP contribution is 2.15. The van der Waals surface area contributed by atoms with Crippen molar-refractivity contribution >= 4 is 16.7 Å². The molecule has 98 valence electrons. The van der Waals surface area contributed by atoms with Crippen molar-refractivity contribution in [3.63, 3.8) is 0 Å². The SMILES string of the molecule is COCCN(C)CCc1nc2ccc(N)cc2[nH]1. The Morgan fingerprint density at radius 1 is 1.39 bits per heavy atom. The third-order valence-electron chi connectivity index (χ3n) is 2.96. The quantitative estimate of drug-likeness (QED) is 0.755. The zero-order valence-corrected chi connectivity index (χ0v) is 10.9. The van der Waals surface area contributed by atoms with E-state index in [0.29, 0.717) is 0 Å². The first kappa shape index (κ1) is 12.9. The Balaban J connectivity index is 1.95. The minimum absolute atomic E-state index is 0.757. The first-order chi connectivity index (χ1) is 8.69. The Bertz CT molecular complexity index is 509. The molecule has 1 aromatic carbocycles. The summed E-state index contributed by atoms with van der Waals surface area (Å²) in [7, 11) is 3.80. The number of nitrogens with two attached hydrogens (primary N) is 1. The second-order valence-electron chi connectivity index (χ2n) is 4.51. The number of aromatic amines is 1. The van der Waals surface area contributed by atoms with Gasteiger partial charge in [-0.05, 0) is 25.2 Å². The van der Waals surface area contributed by atoms with Crippen LogP contribution in [0.25, 0.3) is 11.0 Å². The van der Waals surface area contributed by atoms with Gasteiger partial charge in [-0.2, -0.15) is 0 Å². The normalized spacial score (nSPS) is 11.5. The van der Waals surface area contributed by atoms with E-state index >= 15 is 0 Å². The number of imidazole rings is 1. The maximum Gasteiger partial charge on any atom is 0.108 e. The van der Waals surface area contributed by atoms with Crippen LogP contribution < -0.4 is 5.73 Å². The number of ether oxygens (including phenoxy) is 1. The van der Waals surface area contributed by atoms with E-state index in [1.54, 1.807) is 7.11 Å². The number of H-pyrrole nitrogens is 1. The second kappa shape index (κ2) is 5.84. The molecule has 1 aromatic heterocycles. The molecular weight excluding hydrogens is 228 g/mol. The number of nitrogens with one attached hydrogen (secondary N) is 1. The molecule has 0 saturated heterocycles. The van der Waals surface area contributed by atoms with Gasteiger partial charge >= 0.3 is 0 Å². The van der Waals surface area contributed by atoms with Gasteiger partial charge in [0, 0.05) is 32.3 Å². The smallest absolute Gasteiger partial charge is 0.108 e. The predicted molar refractivity (Wildman–Crippen MR) is 73.6 cm³/mol. The van der Waals surface area contributed by atoms with Crippen molar-refractivity contribution in [2.24, 2.45) is 0 Å². The van der Waals surface area contributed by atoms with E-state index in [2.05, 4.69) is 21.9 Å². The molecule has 3 N–H and O–H groups in total. The molecule has 0 radical (unpaired) electrons. The number of rotatable bonds is 6. The fourth-order valence-corrected chi connectivity index (χ4v) is 1.85. The molecule has 0 amide bonds. The summed E-state index contributed by atoms with van der Waals surface area (Å²) in [6.07, 6.45) is 0.898. The fraction of sp³-hybridized carbons (Fsp3) is 0.462. The van der Waals surface area contributed by atoms with Crippen molar-refractivity contribution in [3.8, 4) is 0 Å². The Kier molecular flexibility index (Phi) is 4.17. The molecule has 18 heavy (non-hydrogen) atoms. The highest BCUT2D eigenvalue weighted by atomic mass is 16.5. The molecule has 0 saturated carbocycles. The summed E-state index contributed by atoms with van der Waals surface area (Å²) in [5, 5.41) is 0. The first-order valence-electron chi connectivity index (χ1n) is 6.10. The molecule has 5 heteroatoms. The molecule has 0 aliphatic rings. The first-order valence-corrected chi connectivity index (χ1v) is 6.10. The van der Waals surface area contributed by atoms with Crippen LogP contribution in [0.5, 0.6) is 0 Å². The van der Waals surface area contributed by atoms with E-state index in [1.165, 1.54) is 0 Å². The molecule has 0 aliphatic heterocycles. The lowest BCUT2D eigenvalue weighted by Gasteiger charge is -2.14. The number of nitrogens with zero attached hydrogens (tertiary/aromatic N) is 2. The average Bonchev–Trinajstić information content (AvgIpc) is 2.75. The van der Waals surface area contributed by atoms with Gasteiger partial charge < -0.3 is 20.4 Å². The number of aromatic nitrogens is 2. The van der Waals surface area contributed by atoms with Gasteiger partial charge in [0.05, 0.1) is 17.6 Å². The zero-order valence-electron chi connectivity index (χ0n) is 10.9. The second-order valence-corrected chi connectivity index (χ2v) is 4.51. The van der Waals surface area contributed by atoms with Crippen molar-refractivity contribution in [1.29, 1.82) is 0 Å². The maximum absolute atomic E-state index is 5.74. The van der Waals surface area contributed by atoms with Gasteiger partial charge in [0.2, 0.25) is 0 Å². The Hall–Kier alpha value is -1.59. The van der Waals surface area contributed by atoms with E-state index in [9.17, 15) is 0 Å². The van der Waals surface area contributed by atoms with Crippen molar-refractivity contribution in [3.05, 3.63) is 24.0 Å². The molecule has 2 aromatic rings. The topological polar surface area (TPSA) is 67.2 Å². The van der Waals surface area contributed by atoms with Gasteiger partial charge in [0.1, 0.15) is 5.82 Å². The fourth-order valence-electron chi connectivity index (χ4n) is 1.85. The number of hydrogen-bond donors (Lipinski definition) is 2. The molecule has 0 atom stereocenters. The van der Waals surface area contributed by atoms with Gasteiger partial charge in [-0.3, -0.25) is 0 Å². The Labute approximate surface area is 107 Å². The molecule has 0 aliphatic carbocycles. The zero-order chi connectivity index (χ0) is 13.0. The summed E-state index contributed by atoms with van der Waals surface area (Å²) in [5.74, 6) is 1.000. The molecular formula is C13H20N4O. The number of hydrogen-bond acceptors (Lipinski definition) is 4. The highest BCUT2D eigenvalue weighted by molar-refractivity contribution is 5.78. The van der Waals surface area contributed by atoms with Crippen molar-refractivity contribution in [2.45, 2.75) is 6.42 Å². The van der Waals surface area contributed by atoms with E-state index < -0.39 is 0 Å². The molecule has 0 spiro atoms. The minimum Gasteiger partial charge on any atom is -0.399 e. The van der Waals surface area contributed by atoms with Gasteiger partial charge in [0.25, 0.3) is 0 Å². The minimum atomic E-state index is 0.757. The van der Waals surface area contributed by atoms with Crippen LogP contribution in [-0.4, -0.2) is 48.7 Å². The summed E-state index contributed by atoms with van der Waals surface area (Å²) in [4.78, 5) is 10.1. The highest BCUT2D eigenvalue weighted by Gasteiger charge is 2.04. The van der Waals surface area contributed by atoms with Gasteiger partial charge in [-0.1, -0.05) is 0 Å². The summed E-state index contributed by atoms with van der Waals surface area (Å²) in [6.45, 7) is 2.65. The number of fused-ring (bicyclic) bond motifs is 1. The van der Waals surface area contributed by atoms with Crippen LogP contribution in [0.2, 0.25) is 0 Å². The van der Waals surface area contributed by atoms with Crippen LogP contribution in [0.1, 0.15) is 5.82 Å². The van der Waals surface area contributed by atoms with Crippen LogP contribution in [0.3, 0.4) is 0 Å². The summed E-state index contributed by atoms with van der Waals surface area (Å²) < 4.78 is 5.05. The van der Waals surface area contributed by atoms with Crippen LogP contribution in [-0.2, 0) is 11.2 Å². The van der Waals surface area contributed by atoms with Crippen LogP contribution in [0.15, 0.2) is 18.2 Å². The lowest BCUT2D eigenvalue weighted by molar-refractivity contribution is 0.161. The van der Waals surface area contributed by atoms with Gasteiger partial charge in [0.15, 0.2) is 0 Å². The van der Waals surface area contributed by atoms with Crippen LogP contribution >= 0.6 is 0 Å². The van der Waals surface area contributed by atoms with Crippen molar-refractivity contribution in [2.75, 3.05) is 39.6 Å².